The molecule has 0 saturated carbocycles. The van der Waals surface area contributed by atoms with Gasteiger partial charge in [-0.2, -0.15) is 5.10 Å². The Kier molecular flexibility index (Phi) is 1.85. The molecule has 1 aromatic heterocycles. The Balaban J connectivity index is 2.61. The summed E-state index contributed by atoms with van der Waals surface area (Å²) in [7, 11) is 0. The van der Waals surface area contributed by atoms with Crippen LogP contribution in [0.2, 0.25) is 0 Å². The highest BCUT2D eigenvalue weighted by Gasteiger charge is 2.12. The second-order valence-electron chi connectivity index (χ2n) is 2.72. The van der Waals surface area contributed by atoms with Gasteiger partial charge in [0.15, 0.2) is 17.3 Å². The minimum absolute atomic E-state index is 0.0882. The van der Waals surface area contributed by atoms with Gasteiger partial charge in [-0.1, -0.05) is 0 Å². The maximum absolute atomic E-state index is 13.4. The molecule has 2 N–H and O–H groups in total. The molecule has 72 valence electrons. The molecule has 0 fully saturated rings. The third-order valence-corrected chi connectivity index (χ3v) is 1.83. The fraction of sp³-hybridized carbons (Fsp3) is 0. The zero-order valence-electron chi connectivity index (χ0n) is 7.05. The van der Waals surface area contributed by atoms with Crippen LogP contribution in [0.3, 0.4) is 0 Å². The van der Waals surface area contributed by atoms with E-state index >= 15 is 0 Å². The Morgan fingerprint density at radius 2 is 2.07 bits per heavy atom. The zero-order chi connectivity index (χ0) is 10.1. The van der Waals surface area contributed by atoms with Crippen LogP contribution in [0.1, 0.15) is 0 Å². The number of halogens is 1. The molecule has 0 amide bonds. The first-order chi connectivity index (χ1) is 6.70. The number of phenols is 2. The molecular formula is C9H7FN2O2. The van der Waals surface area contributed by atoms with Crippen LogP contribution in [0.5, 0.6) is 11.5 Å². The first-order valence-corrected chi connectivity index (χ1v) is 3.90. The van der Waals surface area contributed by atoms with E-state index in [1.54, 1.807) is 6.07 Å². The molecule has 1 aromatic carbocycles. The summed E-state index contributed by atoms with van der Waals surface area (Å²) in [6.45, 7) is 0. The molecule has 0 spiro atoms. The summed E-state index contributed by atoms with van der Waals surface area (Å²) in [5, 5.41) is 21.9. The van der Waals surface area contributed by atoms with Gasteiger partial charge in [-0.3, -0.25) is 0 Å². The fourth-order valence-electron chi connectivity index (χ4n) is 1.13. The largest absolute Gasteiger partial charge is 0.504 e. The van der Waals surface area contributed by atoms with E-state index in [-0.39, 0.29) is 5.69 Å². The highest BCUT2D eigenvalue weighted by molar-refractivity contribution is 5.48. The molecule has 0 aliphatic carbocycles. The van der Waals surface area contributed by atoms with Crippen LogP contribution in [0.15, 0.2) is 30.6 Å². The van der Waals surface area contributed by atoms with Crippen molar-refractivity contribution in [3.63, 3.8) is 0 Å². The summed E-state index contributed by atoms with van der Waals surface area (Å²) in [4.78, 5) is 0. The van der Waals surface area contributed by atoms with Crippen LogP contribution in [-0.2, 0) is 0 Å². The molecule has 0 atom stereocenters. The topological polar surface area (TPSA) is 58.3 Å². The standard InChI is InChI=1S/C9H7FN2O2/c10-8-6(12-5-1-4-11-12)2-3-7(13)9(8)14/h1-5,13-14H. The predicted octanol–water partition coefficient (Wildman–Crippen LogP) is 1.42. The minimum Gasteiger partial charge on any atom is -0.504 e. The molecule has 4 nitrogen and oxygen atoms in total. The van der Waals surface area contributed by atoms with Crippen molar-refractivity contribution < 1.29 is 14.6 Å². The maximum atomic E-state index is 13.4. The summed E-state index contributed by atoms with van der Waals surface area (Å²) in [6.07, 6.45) is 3.03. The molecule has 0 bridgehead atoms. The number of nitrogens with zero attached hydrogens (tertiary/aromatic N) is 2. The Morgan fingerprint density at radius 3 is 2.71 bits per heavy atom. The van der Waals surface area contributed by atoms with Crippen LogP contribution in [0.4, 0.5) is 4.39 Å². The van der Waals surface area contributed by atoms with Crippen LogP contribution in [0.25, 0.3) is 5.69 Å². The van der Waals surface area contributed by atoms with Gasteiger partial charge in [0.05, 0.1) is 0 Å². The van der Waals surface area contributed by atoms with Crippen molar-refractivity contribution in [2.24, 2.45) is 0 Å². The number of phenolic OH excluding ortho intramolecular Hbond substituents is 2. The van der Waals surface area contributed by atoms with Crippen LogP contribution < -0.4 is 0 Å². The van der Waals surface area contributed by atoms with E-state index in [2.05, 4.69) is 5.10 Å². The SMILES string of the molecule is Oc1ccc(-n2cccn2)c(F)c1O. The Bertz CT molecular complexity index is 454. The van der Waals surface area contributed by atoms with Crippen molar-refractivity contribution in [2.45, 2.75) is 0 Å². The van der Waals surface area contributed by atoms with Gasteiger partial charge >= 0.3 is 0 Å². The predicted molar refractivity (Wildman–Crippen MR) is 46.9 cm³/mol. The molecule has 5 heteroatoms. The Morgan fingerprint density at radius 1 is 1.29 bits per heavy atom. The third kappa shape index (κ3) is 1.19. The normalized spacial score (nSPS) is 10.4. The summed E-state index contributed by atoms with van der Waals surface area (Å²) in [5.74, 6) is -2.15. The Hall–Kier alpha value is -2.04. The number of aromatic nitrogens is 2. The molecule has 0 saturated heterocycles. The minimum atomic E-state index is -0.895. The van der Waals surface area contributed by atoms with Gasteiger partial charge in [0.25, 0.3) is 0 Å². The number of hydrogen-bond donors (Lipinski definition) is 2. The molecule has 1 heterocycles. The fourth-order valence-corrected chi connectivity index (χ4v) is 1.13. The lowest BCUT2D eigenvalue weighted by Gasteiger charge is -2.05. The molecule has 0 aliphatic rings. The van der Waals surface area contributed by atoms with Crippen molar-refractivity contribution in [1.29, 1.82) is 0 Å². The van der Waals surface area contributed by atoms with Crippen LogP contribution in [0, 0.1) is 5.82 Å². The van der Waals surface area contributed by atoms with Crippen molar-refractivity contribution in [1.82, 2.24) is 9.78 Å². The third-order valence-electron chi connectivity index (χ3n) is 1.83. The number of benzene rings is 1. The molecule has 14 heavy (non-hydrogen) atoms. The summed E-state index contributed by atoms with van der Waals surface area (Å²) >= 11 is 0. The van der Waals surface area contributed by atoms with E-state index in [9.17, 15) is 4.39 Å². The molecule has 0 aliphatic heterocycles. The number of rotatable bonds is 1. The molecule has 2 rings (SSSR count). The van der Waals surface area contributed by atoms with E-state index in [0.717, 1.165) is 0 Å². The molecular weight excluding hydrogens is 187 g/mol. The summed E-state index contributed by atoms with van der Waals surface area (Å²) in [5.41, 5.74) is 0.0882. The smallest absolute Gasteiger partial charge is 0.196 e. The molecule has 2 aromatic rings. The van der Waals surface area contributed by atoms with Gasteiger partial charge in [0, 0.05) is 12.4 Å². The van der Waals surface area contributed by atoms with Gasteiger partial charge in [-0.15, -0.1) is 0 Å². The van der Waals surface area contributed by atoms with Crippen molar-refractivity contribution in [3.8, 4) is 17.2 Å². The molecule has 0 radical (unpaired) electrons. The van der Waals surface area contributed by atoms with Gasteiger partial charge in [0.2, 0.25) is 0 Å². The average Bonchev–Trinajstić information content (AvgIpc) is 2.67. The summed E-state index contributed by atoms with van der Waals surface area (Å²) < 4.78 is 14.6. The van der Waals surface area contributed by atoms with Crippen LogP contribution >= 0.6 is 0 Å². The number of hydrogen-bond acceptors (Lipinski definition) is 3. The van der Waals surface area contributed by atoms with E-state index in [1.807, 2.05) is 0 Å². The highest BCUT2D eigenvalue weighted by Crippen LogP contribution is 2.30. The second kappa shape index (κ2) is 3.02. The number of aromatic hydroxyl groups is 2. The monoisotopic (exact) mass is 194 g/mol. The first kappa shape index (κ1) is 8.55. The van der Waals surface area contributed by atoms with E-state index in [1.165, 1.54) is 29.2 Å². The van der Waals surface area contributed by atoms with E-state index in [4.69, 9.17) is 10.2 Å². The van der Waals surface area contributed by atoms with E-state index in [0.29, 0.717) is 0 Å². The average molecular weight is 194 g/mol. The van der Waals surface area contributed by atoms with E-state index < -0.39 is 17.3 Å². The van der Waals surface area contributed by atoms with Gasteiger partial charge in [0.1, 0.15) is 5.69 Å². The second-order valence-corrected chi connectivity index (χ2v) is 2.72. The Labute approximate surface area is 78.8 Å². The van der Waals surface area contributed by atoms with Crippen molar-refractivity contribution in [3.05, 3.63) is 36.4 Å². The highest BCUT2D eigenvalue weighted by atomic mass is 19.1. The lowest BCUT2D eigenvalue weighted by Crippen LogP contribution is -1.97. The van der Waals surface area contributed by atoms with Crippen LogP contribution in [-0.4, -0.2) is 20.0 Å². The van der Waals surface area contributed by atoms with Crippen molar-refractivity contribution >= 4 is 0 Å². The summed E-state index contributed by atoms with van der Waals surface area (Å²) in [6, 6.07) is 4.16. The maximum Gasteiger partial charge on any atom is 0.196 e. The molecule has 0 unspecified atom stereocenters. The van der Waals surface area contributed by atoms with Crippen molar-refractivity contribution in [2.75, 3.05) is 0 Å². The zero-order valence-corrected chi connectivity index (χ0v) is 7.05. The quantitative estimate of drug-likeness (QED) is 0.675. The van der Waals surface area contributed by atoms with Gasteiger partial charge in [-0.25, -0.2) is 9.07 Å². The van der Waals surface area contributed by atoms with Gasteiger partial charge in [-0.05, 0) is 18.2 Å². The lowest BCUT2D eigenvalue weighted by molar-refractivity contribution is 0.377. The first-order valence-electron chi connectivity index (χ1n) is 3.90. The lowest BCUT2D eigenvalue weighted by atomic mass is 10.2. The van der Waals surface area contributed by atoms with Gasteiger partial charge < -0.3 is 10.2 Å².